The number of nitrogens with one attached hydrogen (secondary N) is 1. The zero-order valence-corrected chi connectivity index (χ0v) is 11.2. The van der Waals surface area contributed by atoms with Gasteiger partial charge in [0.2, 0.25) is 5.91 Å². The maximum atomic E-state index is 11.7. The van der Waals surface area contributed by atoms with E-state index in [1.807, 2.05) is 0 Å². The minimum absolute atomic E-state index is 0.132. The van der Waals surface area contributed by atoms with Crippen molar-refractivity contribution < 1.29 is 4.79 Å². The molecular formula is C13H27N3O. The number of hydrogen-bond acceptors (Lipinski definition) is 3. The molecule has 17 heavy (non-hydrogen) atoms. The van der Waals surface area contributed by atoms with Crippen LogP contribution in [0.5, 0.6) is 0 Å². The monoisotopic (exact) mass is 241 g/mol. The van der Waals surface area contributed by atoms with Gasteiger partial charge in [-0.2, -0.15) is 0 Å². The normalized spacial score (nSPS) is 18.6. The van der Waals surface area contributed by atoms with E-state index in [0.29, 0.717) is 19.0 Å². The number of likely N-dealkylation sites (N-methyl/N-ethyl adjacent to an activating group) is 1. The molecule has 0 aromatic rings. The van der Waals surface area contributed by atoms with Gasteiger partial charge in [-0.25, -0.2) is 0 Å². The lowest BCUT2D eigenvalue weighted by atomic mass is 10.1. The van der Waals surface area contributed by atoms with Crippen LogP contribution in [0.2, 0.25) is 0 Å². The van der Waals surface area contributed by atoms with Gasteiger partial charge in [0.1, 0.15) is 0 Å². The third kappa shape index (κ3) is 4.64. The topological polar surface area (TPSA) is 58.4 Å². The second-order valence-corrected chi connectivity index (χ2v) is 5.05. The molecule has 0 bridgehead atoms. The summed E-state index contributed by atoms with van der Waals surface area (Å²) in [5.41, 5.74) is 5.80. The highest BCUT2D eigenvalue weighted by molar-refractivity contribution is 5.76. The van der Waals surface area contributed by atoms with Crippen LogP contribution in [0.4, 0.5) is 0 Å². The van der Waals surface area contributed by atoms with E-state index in [-0.39, 0.29) is 11.9 Å². The fourth-order valence-corrected chi connectivity index (χ4v) is 2.55. The van der Waals surface area contributed by atoms with Gasteiger partial charge in [-0.1, -0.05) is 19.8 Å². The van der Waals surface area contributed by atoms with Gasteiger partial charge in [-0.05, 0) is 26.3 Å². The third-order valence-electron chi connectivity index (χ3n) is 3.74. The van der Waals surface area contributed by atoms with Crippen LogP contribution >= 0.6 is 0 Å². The van der Waals surface area contributed by atoms with Crippen LogP contribution in [-0.2, 0) is 4.79 Å². The van der Waals surface area contributed by atoms with Crippen LogP contribution in [0, 0.1) is 0 Å². The molecule has 0 aromatic carbocycles. The van der Waals surface area contributed by atoms with E-state index in [9.17, 15) is 4.79 Å². The smallest absolute Gasteiger partial charge is 0.221 e. The lowest BCUT2D eigenvalue weighted by molar-refractivity contribution is -0.122. The van der Waals surface area contributed by atoms with E-state index in [1.54, 1.807) is 0 Å². The molecule has 0 spiro atoms. The van der Waals surface area contributed by atoms with Gasteiger partial charge in [-0.3, -0.25) is 9.69 Å². The Morgan fingerprint density at radius 2 is 2.12 bits per heavy atom. The fourth-order valence-electron chi connectivity index (χ4n) is 2.55. The predicted octanol–water partition coefficient (Wildman–Crippen LogP) is 1.10. The first kappa shape index (κ1) is 14.5. The highest BCUT2D eigenvalue weighted by Crippen LogP contribution is 2.24. The second kappa shape index (κ2) is 7.67. The first-order valence-corrected chi connectivity index (χ1v) is 6.87. The molecule has 0 aliphatic heterocycles. The molecule has 0 saturated heterocycles. The molecule has 4 heteroatoms. The number of rotatable bonds is 7. The van der Waals surface area contributed by atoms with Crippen LogP contribution in [0.3, 0.4) is 0 Å². The van der Waals surface area contributed by atoms with Crippen molar-refractivity contribution in [3.8, 4) is 0 Å². The highest BCUT2D eigenvalue weighted by Gasteiger charge is 2.26. The van der Waals surface area contributed by atoms with Crippen LogP contribution < -0.4 is 11.1 Å². The average molecular weight is 241 g/mol. The molecule has 0 heterocycles. The van der Waals surface area contributed by atoms with Crippen molar-refractivity contribution in [1.29, 1.82) is 0 Å². The van der Waals surface area contributed by atoms with Crippen LogP contribution in [-0.4, -0.2) is 43.0 Å². The number of carbonyl (C=O) groups excluding carboxylic acids is 1. The zero-order chi connectivity index (χ0) is 12.7. The number of carbonyl (C=O) groups is 1. The Hall–Kier alpha value is -0.610. The van der Waals surface area contributed by atoms with Crippen LogP contribution in [0.15, 0.2) is 0 Å². The van der Waals surface area contributed by atoms with E-state index in [0.717, 1.165) is 13.0 Å². The van der Waals surface area contributed by atoms with Crippen molar-refractivity contribution >= 4 is 5.91 Å². The van der Waals surface area contributed by atoms with E-state index in [2.05, 4.69) is 24.2 Å². The summed E-state index contributed by atoms with van der Waals surface area (Å²) in [4.78, 5) is 14.0. The summed E-state index contributed by atoms with van der Waals surface area (Å²) in [6.07, 6.45) is 6.65. The molecule has 0 aromatic heterocycles. The van der Waals surface area contributed by atoms with Gasteiger partial charge in [0, 0.05) is 31.6 Å². The van der Waals surface area contributed by atoms with Crippen molar-refractivity contribution in [2.24, 2.45) is 5.73 Å². The van der Waals surface area contributed by atoms with Crippen LogP contribution in [0.1, 0.15) is 45.4 Å². The Bertz CT molecular complexity index is 227. The van der Waals surface area contributed by atoms with Crippen molar-refractivity contribution in [1.82, 2.24) is 10.2 Å². The lowest BCUT2D eigenvalue weighted by Gasteiger charge is -2.31. The summed E-state index contributed by atoms with van der Waals surface area (Å²) >= 11 is 0. The Morgan fingerprint density at radius 3 is 2.65 bits per heavy atom. The third-order valence-corrected chi connectivity index (χ3v) is 3.74. The van der Waals surface area contributed by atoms with E-state index < -0.39 is 0 Å². The van der Waals surface area contributed by atoms with Gasteiger partial charge in [-0.15, -0.1) is 0 Å². The first-order chi connectivity index (χ1) is 8.19. The zero-order valence-electron chi connectivity index (χ0n) is 11.2. The Labute approximate surface area is 105 Å². The summed E-state index contributed by atoms with van der Waals surface area (Å²) in [6.45, 7) is 3.39. The maximum Gasteiger partial charge on any atom is 0.221 e. The highest BCUT2D eigenvalue weighted by atomic mass is 16.1. The fraction of sp³-hybridized carbons (Fsp3) is 0.923. The molecule has 1 aliphatic rings. The summed E-state index contributed by atoms with van der Waals surface area (Å²) in [5.74, 6) is 0.132. The molecule has 1 atom stereocenters. The van der Waals surface area contributed by atoms with Gasteiger partial charge in [0.05, 0.1) is 0 Å². The van der Waals surface area contributed by atoms with Gasteiger partial charge < -0.3 is 11.1 Å². The molecule has 0 radical (unpaired) electrons. The average Bonchev–Trinajstić information content (AvgIpc) is 2.86. The van der Waals surface area contributed by atoms with Crippen molar-refractivity contribution in [2.75, 3.05) is 20.1 Å². The SMILES string of the molecule is CCCNC(=O)CC(CN)N(C)C1CCCC1. The van der Waals surface area contributed by atoms with E-state index in [1.165, 1.54) is 25.7 Å². The standard InChI is InChI=1S/C13H27N3O/c1-3-8-15-13(17)9-12(10-14)16(2)11-6-4-5-7-11/h11-12H,3-10,14H2,1-2H3,(H,15,17). The maximum absolute atomic E-state index is 11.7. The Morgan fingerprint density at radius 1 is 1.47 bits per heavy atom. The Kier molecular flexibility index (Phi) is 6.52. The number of nitrogens with zero attached hydrogens (tertiary/aromatic N) is 1. The molecule has 3 N–H and O–H groups in total. The van der Waals surface area contributed by atoms with Gasteiger partial charge in [0.25, 0.3) is 0 Å². The summed E-state index contributed by atoms with van der Waals surface area (Å²) < 4.78 is 0. The molecule has 1 aliphatic carbocycles. The molecule has 1 saturated carbocycles. The molecular weight excluding hydrogens is 214 g/mol. The van der Waals surface area contributed by atoms with Crippen LogP contribution in [0.25, 0.3) is 0 Å². The van der Waals surface area contributed by atoms with E-state index in [4.69, 9.17) is 5.73 Å². The summed E-state index contributed by atoms with van der Waals surface area (Å²) in [6, 6.07) is 0.817. The molecule has 1 amide bonds. The molecule has 1 fully saturated rings. The quantitative estimate of drug-likeness (QED) is 0.702. The van der Waals surface area contributed by atoms with Crippen molar-refractivity contribution in [3.63, 3.8) is 0 Å². The molecule has 4 nitrogen and oxygen atoms in total. The Balaban J connectivity index is 2.38. The lowest BCUT2D eigenvalue weighted by Crippen LogP contribution is -2.46. The molecule has 1 rings (SSSR count). The summed E-state index contributed by atoms with van der Waals surface area (Å²) in [5, 5.41) is 2.92. The molecule has 1 unspecified atom stereocenters. The molecule has 100 valence electrons. The number of hydrogen-bond donors (Lipinski definition) is 2. The largest absolute Gasteiger partial charge is 0.356 e. The first-order valence-electron chi connectivity index (χ1n) is 6.87. The predicted molar refractivity (Wildman–Crippen MR) is 70.8 cm³/mol. The number of nitrogens with two attached hydrogens (primary N) is 1. The minimum atomic E-state index is 0.132. The van der Waals surface area contributed by atoms with E-state index >= 15 is 0 Å². The summed E-state index contributed by atoms with van der Waals surface area (Å²) in [7, 11) is 2.11. The minimum Gasteiger partial charge on any atom is -0.356 e. The van der Waals surface area contributed by atoms with Crippen molar-refractivity contribution in [3.05, 3.63) is 0 Å². The number of amides is 1. The van der Waals surface area contributed by atoms with Crippen molar-refractivity contribution in [2.45, 2.75) is 57.5 Å². The second-order valence-electron chi connectivity index (χ2n) is 5.05. The van der Waals surface area contributed by atoms with Gasteiger partial charge >= 0.3 is 0 Å². The van der Waals surface area contributed by atoms with Gasteiger partial charge in [0.15, 0.2) is 0 Å².